The molecule has 0 bridgehead atoms. The first kappa shape index (κ1) is 28.1. The van der Waals surface area contributed by atoms with Crippen molar-refractivity contribution in [1.82, 2.24) is 5.32 Å². The van der Waals surface area contributed by atoms with Crippen molar-refractivity contribution in [2.75, 3.05) is 20.3 Å². The van der Waals surface area contributed by atoms with Crippen LogP contribution < -0.4 is 5.32 Å². The minimum absolute atomic E-state index is 0.0652. The zero-order valence-corrected chi connectivity index (χ0v) is 20.3. The Morgan fingerprint density at radius 3 is 2.38 bits per heavy atom. The molecule has 32 heavy (non-hydrogen) atoms. The summed E-state index contributed by atoms with van der Waals surface area (Å²) in [5.41, 5.74) is 0.482. The van der Waals surface area contributed by atoms with Crippen LogP contribution in [0.1, 0.15) is 48.0 Å². The summed E-state index contributed by atoms with van der Waals surface area (Å²) in [6, 6.07) is -0.789. The first-order valence-electron chi connectivity index (χ1n) is 11.0. The van der Waals surface area contributed by atoms with Gasteiger partial charge in [0.25, 0.3) is 0 Å². The molecule has 0 saturated carbocycles. The summed E-state index contributed by atoms with van der Waals surface area (Å²) in [6.45, 7) is 14.7. The average molecular weight is 458 g/mol. The molecule has 1 amide bonds. The molecule has 0 fully saturated rings. The van der Waals surface area contributed by atoms with Crippen LogP contribution in [-0.2, 0) is 33.3 Å². The van der Waals surface area contributed by atoms with Crippen LogP contribution in [0.3, 0.4) is 0 Å². The molecule has 0 radical (unpaired) electrons. The number of methoxy groups -OCH3 is 1. The number of esters is 1. The average Bonchev–Trinajstić information content (AvgIpc) is 2.71. The zero-order valence-electron chi connectivity index (χ0n) is 20.3. The summed E-state index contributed by atoms with van der Waals surface area (Å²) in [5.74, 6) is -1.10. The number of aliphatic hydroxyl groups excluding tert-OH is 1. The number of nitrogens with one attached hydrogen (secondary N) is 1. The van der Waals surface area contributed by atoms with Gasteiger partial charge >= 0.3 is 5.97 Å². The molecule has 0 aromatic rings. The highest BCUT2D eigenvalue weighted by molar-refractivity contribution is 5.87. The number of amides is 1. The van der Waals surface area contributed by atoms with Crippen LogP contribution in [-0.4, -0.2) is 80.0 Å². The summed E-state index contributed by atoms with van der Waals surface area (Å²) < 4.78 is 28.4. The van der Waals surface area contributed by atoms with E-state index < -0.39 is 36.4 Å². The molecule has 0 spiro atoms. The van der Waals surface area contributed by atoms with E-state index in [2.05, 4.69) is 11.9 Å². The first-order valence-corrected chi connectivity index (χ1v) is 11.0. The molecule has 0 aliphatic carbocycles. The monoisotopic (exact) mass is 457 g/mol. The smallest absolute Gasteiger partial charge is 0.373 e. The van der Waals surface area contributed by atoms with Crippen LogP contribution in [0.15, 0.2) is 24.0 Å². The van der Waals surface area contributed by atoms with E-state index in [1.165, 1.54) is 14.0 Å². The number of hydrogen-bond donors (Lipinski definition) is 2. The van der Waals surface area contributed by atoms with Gasteiger partial charge in [0.2, 0.25) is 11.7 Å². The quantitative estimate of drug-likeness (QED) is 0.318. The normalized spacial score (nSPS) is 23.0. The lowest BCUT2D eigenvalue weighted by Gasteiger charge is -2.43. The molecule has 0 unspecified atom stereocenters. The van der Waals surface area contributed by atoms with Crippen LogP contribution in [0.25, 0.3) is 0 Å². The van der Waals surface area contributed by atoms with Crippen LogP contribution in [0.4, 0.5) is 0 Å². The summed E-state index contributed by atoms with van der Waals surface area (Å²) in [6.07, 6.45) is -2.23. The molecule has 9 nitrogen and oxygen atoms in total. The third kappa shape index (κ3) is 7.88. The number of aliphatic hydroxyl groups is 1. The maximum absolute atomic E-state index is 12.5. The lowest BCUT2D eigenvalue weighted by Crippen LogP contribution is -2.62. The van der Waals surface area contributed by atoms with Crippen molar-refractivity contribution < 1.29 is 38.4 Å². The fourth-order valence-corrected chi connectivity index (χ4v) is 3.56. The van der Waals surface area contributed by atoms with Crippen LogP contribution in [0, 0.1) is 0 Å². The summed E-state index contributed by atoms with van der Waals surface area (Å²) in [7, 11) is 1.24. The summed E-state index contributed by atoms with van der Waals surface area (Å²) in [5, 5.41) is 14.1. The number of carbonyl (C=O) groups excluding carboxylic acids is 2. The summed E-state index contributed by atoms with van der Waals surface area (Å²) in [4.78, 5) is 24.6. The number of allylic oxidation sites excluding steroid dienone is 1. The molecule has 9 heteroatoms. The molecule has 2 N–H and O–H groups in total. The van der Waals surface area contributed by atoms with E-state index in [0.717, 1.165) is 0 Å². The fourth-order valence-electron chi connectivity index (χ4n) is 3.56. The topological polar surface area (TPSA) is 113 Å². The van der Waals surface area contributed by atoms with Gasteiger partial charge in [0.1, 0.15) is 18.3 Å². The van der Waals surface area contributed by atoms with Gasteiger partial charge in [-0.25, -0.2) is 4.79 Å². The number of rotatable bonds is 13. The highest BCUT2D eigenvalue weighted by Crippen LogP contribution is 2.33. The van der Waals surface area contributed by atoms with Gasteiger partial charge in [-0.3, -0.25) is 4.79 Å². The van der Waals surface area contributed by atoms with Crippen LogP contribution in [0.2, 0.25) is 0 Å². The Hall–Kier alpha value is -1.94. The molecule has 1 rings (SSSR count). The number of carbonyl (C=O) groups is 2. The fraction of sp³-hybridized carbons (Fsp3) is 0.739. The van der Waals surface area contributed by atoms with Gasteiger partial charge in [-0.05, 0) is 41.0 Å². The van der Waals surface area contributed by atoms with Crippen molar-refractivity contribution in [1.29, 1.82) is 0 Å². The largest absolute Gasteiger partial charge is 0.478 e. The van der Waals surface area contributed by atoms with E-state index in [4.69, 9.17) is 23.7 Å². The Bertz CT molecular complexity index is 660. The van der Waals surface area contributed by atoms with Gasteiger partial charge in [-0.1, -0.05) is 6.08 Å². The molecule has 0 aromatic heterocycles. The molecule has 184 valence electrons. The molecule has 5 atom stereocenters. The second kappa shape index (κ2) is 13.6. The van der Waals surface area contributed by atoms with Crippen molar-refractivity contribution in [2.24, 2.45) is 0 Å². The second-order valence-electron chi connectivity index (χ2n) is 8.12. The predicted molar refractivity (Wildman–Crippen MR) is 119 cm³/mol. The van der Waals surface area contributed by atoms with E-state index in [1.54, 1.807) is 13.0 Å². The Morgan fingerprint density at radius 2 is 1.91 bits per heavy atom. The van der Waals surface area contributed by atoms with E-state index in [0.29, 0.717) is 12.2 Å². The van der Waals surface area contributed by atoms with Crippen molar-refractivity contribution in [2.45, 2.75) is 90.6 Å². The Labute approximate surface area is 191 Å². The van der Waals surface area contributed by atoms with E-state index in [9.17, 15) is 14.7 Å². The molecule has 1 aliphatic rings. The van der Waals surface area contributed by atoms with Crippen LogP contribution in [0.5, 0.6) is 0 Å². The third-order valence-corrected chi connectivity index (χ3v) is 4.78. The Kier molecular flexibility index (Phi) is 11.9. The molecular weight excluding hydrogens is 418 g/mol. The van der Waals surface area contributed by atoms with Crippen molar-refractivity contribution in [3.63, 3.8) is 0 Å². The lowest BCUT2D eigenvalue weighted by atomic mass is 9.87. The van der Waals surface area contributed by atoms with Gasteiger partial charge < -0.3 is 34.1 Å². The minimum Gasteiger partial charge on any atom is -0.478 e. The van der Waals surface area contributed by atoms with Crippen molar-refractivity contribution >= 4 is 11.9 Å². The van der Waals surface area contributed by atoms with Gasteiger partial charge in [-0.15, -0.1) is 6.58 Å². The molecule has 1 heterocycles. The van der Waals surface area contributed by atoms with Gasteiger partial charge in [0, 0.05) is 19.1 Å². The maximum atomic E-state index is 12.5. The van der Waals surface area contributed by atoms with Crippen LogP contribution >= 0.6 is 0 Å². The van der Waals surface area contributed by atoms with E-state index in [-0.39, 0.29) is 36.9 Å². The molecule has 1 aliphatic heterocycles. The SMILES string of the molecule is C=CCC1=C(C(=O)OC)O[C@@H]([C@H](O)[C@@H](COC(C)C)OC(C)C)[C@H](NC(C)=O)[C@H]1OCC. The van der Waals surface area contributed by atoms with Gasteiger partial charge in [0.05, 0.1) is 32.0 Å². The predicted octanol–water partition coefficient (Wildman–Crippen LogP) is 1.88. The molecule has 0 saturated heterocycles. The molecule has 0 aromatic carbocycles. The van der Waals surface area contributed by atoms with Gasteiger partial charge in [-0.2, -0.15) is 0 Å². The molecular formula is C23H39NO8. The standard InChI is InChI=1S/C23H39NO8/c1-9-11-16-20(29-10-2)18(24-15(7)25)22(32-21(16)23(27)28-8)19(26)17(31-14(5)6)12-30-13(3)4/h9,13-14,17-20,22,26H,1,10-12H2,2-8H3,(H,24,25)/t17-,18-,19-,20+,22-/m1/s1. The highest BCUT2D eigenvalue weighted by Gasteiger charge is 2.48. The summed E-state index contributed by atoms with van der Waals surface area (Å²) >= 11 is 0. The minimum atomic E-state index is -1.25. The number of ether oxygens (including phenoxy) is 5. The second-order valence-corrected chi connectivity index (χ2v) is 8.12. The third-order valence-electron chi connectivity index (χ3n) is 4.78. The van der Waals surface area contributed by atoms with E-state index in [1.807, 2.05) is 27.7 Å². The van der Waals surface area contributed by atoms with E-state index >= 15 is 0 Å². The van der Waals surface area contributed by atoms with Crippen molar-refractivity contribution in [3.05, 3.63) is 24.0 Å². The number of hydrogen-bond acceptors (Lipinski definition) is 8. The Morgan fingerprint density at radius 1 is 1.25 bits per heavy atom. The van der Waals surface area contributed by atoms with Gasteiger partial charge in [0.15, 0.2) is 6.10 Å². The first-order chi connectivity index (χ1) is 15.1. The Balaban J connectivity index is 3.49. The highest BCUT2D eigenvalue weighted by atomic mass is 16.6. The van der Waals surface area contributed by atoms with Crippen molar-refractivity contribution in [3.8, 4) is 0 Å². The zero-order chi connectivity index (χ0) is 24.4. The lowest BCUT2D eigenvalue weighted by molar-refractivity contribution is -0.170. The maximum Gasteiger partial charge on any atom is 0.373 e.